The lowest BCUT2D eigenvalue weighted by Crippen LogP contribution is -2.39. The number of rotatable bonds is 13. The average molecular weight is 361 g/mol. The van der Waals surface area contributed by atoms with E-state index in [2.05, 4.69) is 49.5 Å². The second-order valence-corrected chi connectivity index (χ2v) is 7.35. The molecule has 0 bridgehead atoms. The van der Waals surface area contributed by atoms with Gasteiger partial charge in [-0.15, -0.1) is 0 Å². The molecule has 0 aromatic heterocycles. The SMILES string of the molecule is CC.CN=CN(C)CCN(C)CCOC(C)(C)COC(C)(C)CCN. The van der Waals surface area contributed by atoms with Gasteiger partial charge in [-0.05, 0) is 47.7 Å². The second kappa shape index (κ2) is 14.5. The third kappa shape index (κ3) is 16.5. The Morgan fingerprint density at radius 1 is 0.960 bits per heavy atom. The summed E-state index contributed by atoms with van der Waals surface area (Å²) in [7, 11) is 5.92. The van der Waals surface area contributed by atoms with E-state index < -0.39 is 0 Å². The van der Waals surface area contributed by atoms with E-state index in [1.54, 1.807) is 7.05 Å². The van der Waals surface area contributed by atoms with E-state index >= 15 is 0 Å². The third-order valence-corrected chi connectivity index (χ3v) is 3.67. The first kappa shape index (κ1) is 26.5. The molecule has 0 aliphatic heterocycles. The van der Waals surface area contributed by atoms with Gasteiger partial charge in [-0.3, -0.25) is 4.99 Å². The average Bonchev–Trinajstić information content (AvgIpc) is 2.53. The highest BCUT2D eigenvalue weighted by atomic mass is 16.6. The summed E-state index contributed by atoms with van der Waals surface area (Å²) in [5.41, 5.74) is 5.12. The lowest BCUT2D eigenvalue weighted by atomic mass is 10.0. The number of nitrogens with two attached hydrogens (primary N) is 1. The minimum absolute atomic E-state index is 0.197. The van der Waals surface area contributed by atoms with Gasteiger partial charge in [-0.1, -0.05) is 13.8 Å². The van der Waals surface area contributed by atoms with Crippen LogP contribution in [0.5, 0.6) is 0 Å². The number of ether oxygens (including phenoxy) is 2. The Bertz CT molecular complexity index is 333. The first-order valence-corrected chi connectivity index (χ1v) is 9.41. The normalized spacial score (nSPS) is 12.4. The number of likely N-dealkylation sites (N-methyl/N-ethyl adjacent to an activating group) is 2. The molecule has 0 atom stereocenters. The van der Waals surface area contributed by atoms with Crippen LogP contribution in [0.2, 0.25) is 0 Å². The fraction of sp³-hybridized carbons (Fsp3) is 0.947. The molecule has 0 aliphatic carbocycles. The first-order valence-electron chi connectivity index (χ1n) is 9.41. The van der Waals surface area contributed by atoms with Crippen LogP contribution in [0.4, 0.5) is 0 Å². The molecule has 0 saturated carbocycles. The lowest BCUT2D eigenvalue weighted by Gasteiger charge is -2.32. The van der Waals surface area contributed by atoms with E-state index in [1.807, 2.05) is 27.2 Å². The van der Waals surface area contributed by atoms with Crippen LogP contribution < -0.4 is 5.73 Å². The van der Waals surface area contributed by atoms with Crippen LogP contribution in [0.1, 0.15) is 48.0 Å². The molecule has 0 amide bonds. The van der Waals surface area contributed by atoms with Crippen LogP contribution in [0.3, 0.4) is 0 Å². The zero-order chi connectivity index (χ0) is 19.9. The lowest BCUT2D eigenvalue weighted by molar-refractivity contribution is -0.123. The van der Waals surface area contributed by atoms with Crippen LogP contribution in [-0.2, 0) is 9.47 Å². The molecule has 0 rings (SSSR count). The highest BCUT2D eigenvalue weighted by Crippen LogP contribution is 2.18. The summed E-state index contributed by atoms with van der Waals surface area (Å²) in [6, 6.07) is 0. The molecular formula is C19H44N4O2. The zero-order valence-electron chi connectivity index (χ0n) is 18.3. The summed E-state index contributed by atoms with van der Waals surface area (Å²) < 4.78 is 11.9. The van der Waals surface area contributed by atoms with E-state index in [1.165, 1.54) is 0 Å². The van der Waals surface area contributed by atoms with Gasteiger partial charge >= 0.3 is 0 Å². The smallest absolute Gasteiger partial charge is 0.0859 e. The molecule has 152 valence electrons. The Hall–Kier alpha value is -0.690. The topological polar surface area (TPSA) is 63.3 Å². The van der Waals surface area contributed by atoms with E-state index in [9.17, 15) is 0 Å². The van der Waals surface area contributed by atoms with Crippen LogP contribution in [0, 0.1) is 0 Å². The van der Waals surface area contributed by atoms with Gasteiger partial charge in [0.2, 0.25) is 0 Å². The summed E-state index contributed by atoms with van der Waals surface area (Å²) >= 11 is 0. The Labute approximate surface area is 156 Å². The quantitative estimate of drug-likeness (QED) is 0.404. The van der Waals surface area contributed by atoms with Crippen LogP contribution >= 0.6 is 0 Å². The van der Waals surface area contributed by atoms with Crippen LogP contribution in [0.25, 0.3) is 0 Å². The Morgan fingerprint density at radius 3 is 2.08 bits per heavy atom. The van der Waals surface area contributed by atoms with Gasteiger partial charge < -0.3 is 25.0 Å². The number of aliphatic imine (C=N–C) groups is 1. The maximum Gasteiger partial charge on any atom is 0.0859 e. The molecular weight excluding hydrogens is 316 g/mol. The first-order chi connectivity index (χ1) is 11.6. The van der Waals surface area contributed by atoms with Gasteiger partial charge in [-0.2, -0.15) is 0 Å². The fourth-order valence-corrected chi connectivity index (χ4v) is 2.00. The monoisotopic (exact) mass is 360 g/mol. The predicted octanol–water partition coefficient (Wildman–Crippen LogP) is 2.47. The molecule has 6 heteroatoms. The number of hydrogen-bond acceptors (Lipinski definition) is 5. The van der Waals surface area contributed by atoms with Crippen molar-refractivity contribution in [3.8, 4) is 0 Å². The van der Waals surface area contributed by atoms with Crippen LogP contribution in [0.15, 0.2) is 4.99 Å². The standard InChI is InChI=1S/C17H38N4O2.C2H6/c1-16(2,8-9-18)23-14-17(3,4)22-13-12-20(6)10-11-21(7)15-19-5;1-2/h15H,8-14,18H2,1-7H3;1-2H3. The van der Waals surface area contributed by atoms with Crippen molar-refractivity contribution in [2.45, 2.75) is 59.2 Å². The summed E-state index contributed by atoms with van der Waals surface area (Å²) in [6.07, 6.45) is 2.69. The van der Waals surface area contributed by atoms with Crippen molar-refractivity contribution in [1.29, 1.82) is 0 Å². The largest absolute Gasteiger partial charge is 0.373 e. The van der Waals surface area contributed by atoms with Gasteiger partial charge in [0.1, 0.15) is 0 Å². The molecule has 0 spiro atoms. The molecule has 0 aliphatic rings. The molecule has 0 saturated heterocycles. The summed E-state index contributed by atoms with van der Waals surface area (Å²) in [5.74, 6) is 0. The van der Waals surface area contributed by atoms with E-state index in [4.69, 9.17) is 15.2 Å². The Kier molecular flexibility index (Phi) is 15.4. The van der Waals surface area contributed by atoms with Gasteiger partial charge in [0.15, 0.2) is 0 Å². The van der Waals surface area contributed by atoms with Crippen molar-refractivity contribution >= 4 is 6.34 Å². The van der Waals surface area contributed by atoms with E-state index in [0.29, 0.717) is 19.8 Å². The summed E-state index contributed by atoms with van der Waals surface area (Å²) in [5, 5.41) is 0. The van der Waals surface area contributed by atoms with Gasteiger partial charge in [-0.25, -0.2) is 0 Å². The molecule has 0 heterocycles. The van der Waals surface area contributed by atoms with Crippen molar-refractivity contribution in [2.75, 3.05) is 60.5 Å². The van der Waals surface area contributed by atoms with Gasteiger partial charge in [0.05, 0.1) is 30.8 Å². The molecule has 0 radical (unpaired) electrons. The minimum atomic E-state index is -0.293. The maximum atomic E-state index is 5.99. The number of hydrogen-bond donors (Lipinski definition) is 1. The molecule has 0 aromatic rings. The van der Waals surface area contributed by atoms with Gasteiger partial charge in [0, 0.05) is 33.7 Å². The van der Waals surface area contributed by atoms with Crippen LogP contribution in [-0.4, -0.2) is 87.9 Å². The van der Waals surface area contributed by atoms with E-state index in [0.717, 1.165) is 26.1 Å². The van der Waals surface area contributed by atoms with Gasteiger partial charge in [0.25, 0.3) is 0 Å². The van der Waals surface area contributed by atoms with Crippen molar-refractivity contribution < 1.29 is 9.47 Å². The fourth-order valence-electron chi connectivity index (χ4n) is 2.00. The molecule has 0 aromatic carbocycles. The highest BCUT2D eigenvalue weighted by molar-refractivity contribution is 5.53. The van der Waals surface area contributed by atoms with E-state index in [-0.39, 0.29) is 11.2 Å². The van der Waals surface area contributed by atoms with Crippen molar-refractivity contribution in [1.82, 2.24) is 9.80 Å². The highest BCUT2D eigenvalue weighted by Gasteiger charge is 2.25. The van der Waals surface area contributed by atoms with Crippen molar-refractivity contribution in [3.63, 3.8) is 0 Å². The zero-order valence-corrected chi connectivity index (χ0v) is 18.3. The molecule has 25 heavy (non-hydrogen) atoms. The molecule has 0 unspecified atom stereocenters. The number of nitrogens with zero attached hydrogens (tertiary/aromatic N) is 3. The third-order valence-electron chi connectivity index (χ3n) is 3.67. The Morgan fingerprint density at radius 2 is 1.56 bits per heavy atom. The predicted molar refractivity (Wildman–Crippen MR) is 110 cm³/mol. The summed E-state index contributed by atoms with van der Waals surface area (Å²) in [6.45, 7) is 17.0. The minimum Gasteiger partial charge on any atom is -0.373 e. The summed E-state index contributed by atoms with van der Waals surface area (Å²) in [4.78, 5) is 8.33. The second-order valence-electron chi connectivity index (χ2n) is 7.35. The maximum absolute atomic E-state index is 5.99. The molecule has 6 nitrogen and oxygen atoms in total. The van der Waals surface area contributed by atoms with Crippen molar-refractivity contribution in [2.24, 2.45) is 10.7 Å². The van der Waals surface area contributed by atoms with Crippen molar-refractivity contribution in [3.05, 3.63) is 0 Å². The molecule has 2 N–H and O–H groups in total. The Balaban J connectivity index is 0. The molecule has 0 fully saturated rings.